The van der Waals surface area contributed by atoms with Crippen LogP contribution in [0.3, 0.4) is 0 Å². The predicted octanol–water partition coefficient (Wildman–Crippen LogP) is 2.54. The van der Waals surface area contributed by atoms with Crippen LogP contribution in [0.2, 0.25) is 0 Å². The van der Waals surface area contributed by atoms with E-state index in [1.165, 1.54) is 0 Å². The quantitative estimate of drug-likeness (QED) is 0.239. The van der Waals surface area contributed by atoms with Crippen LogP contribution in [0.5, 0.6) is 5.75 Å². The maximum atomic E-state index is 13.8. The fraction of sp³-hybridized carbons (Fsp3) is 0.571. The van der Waals surface area contributed by atoms with Crippen LogP contribution in [0.4, 0.5) is 0 Å². The lowest BCUT2D eigenvalue weighted by molar-refractivity contribution is -0.367. The highest BCUT2D eigenvalue weighted by molar-refractivity contribution is 5.89. The summed E-state index contributed by atoms with van der Waals surface area (Å²) >= 11 is 0. The first-order valence-electron chi connectivity index (χ1n) is 15.5. The van der Waals surface area contributed by atoms with Gasteiger partial charge in [-0.1, -0.05) is 51.1 Å². The smallest absolute Gasteiger partial charge is 0.338 e. The Morgan fingerprint density at radius 2 is 1.67 bits per heavy atom. The van der Waals surface area contributed by atoms with Crippen molar-refractivity contribution in [2.75, 3.05) is 13.7 Å². The lowest BCUT2D eigenvalue weighted by Gasteiger charge is -2.68. The van der Waals surface area contributed by atoms with Crippen LogP contribution in [0.15, 0.2) is 65.7 Å². The minimum atomic E-state index is -1.98. The van der Waals surface area contributed by atoms with E-state index in [0.717, 1.165) is 5.56 Å². The van der Waals surface area contributed by atoms with Gasteiger partial charge >= 0.3 is 5.97 Å². The summed E-state index contributed by atoms with van der Waals surface area (Å²) in [6.45, 7) is 6.80. The fourth-order valence-electron chi connectivity index (χ4n) is 8.63. The monoisotopic (exact) mass is 624 g/mol. The van der Waals surface area contributed by atoms with Crippen molar-refractivity contribution < 1.29 is 49.3 Å². The second-order valence-electron chi connectivity index (χ2n) is 14.0. The summed E-state index contributed by atoms with van der Waals surface area (Å²) in [5.41, 5.74) is -4.63. The minimum Gasteiger partial charge on any atom is -0.497 e. The van der Waals surface area contributed by atoms with Crippen LogP contribution >= 0.6 is 0 Å². The molecule has 4 aliphatic rings. The lowest BCUT2D eigenvalue weighted by atomic mass is 9.44. The van der Waals surface area contributed by atoms with Crippen molar-refractivity contribution in [3.8, 4) is 5.75 Å². The van der Waals surface area contributed by atoms with Crippen molar-refractivity contribution in [3.63, 3.8) is 0 Å². The zero-order valence-corrected chi connectivity index (χ0v) is 26.3. The molecule has 2 aromatic rings. The van der Waals surface area contributed by atoms with Gasteiger partial charge in [0.25, 0.3) is 0 Å². The second-order valence-corrected chi connectivity index (χ2v) is 14.0. The van der Waals surface area contributed by atoms with E-state index in [-0.39, 0.29) is 37.2 Å². The molecule has 1 aliphatic heterocycles. The molecule has 10 atom stereocenters. The number of hydrogen-bond donors (Lipinski definition) is 5. The highest BCUT2D eigenvalue weighted by atomic mass is 16.6. The molecule has 1 saturated heterocycles. The van der Waals surface area contributed by atoms with E-state index in [9.17, 15) is 30.3 Å². The second kappa shape index (κ2) is 11.2. The van der Waals surface area contributed by atoms with E-state index in [0.29, 0.717) is 11.3 Å². The van der Waals surface area contributed by atoms with E-state index < -0.39 is 70.5 Å². The van der Waals surface area contributed by atoms with Gasteiger partial charge in [-0.15, -0.1) is 0 Å². The van der Waals surface area contributed by atoms with Crippen LogP contribution in [0.1, 0.15) is 56.5 Å². The van der Waals surface area contributed by atoms with Crippen molar-refractivity contribution in [2.45, 2.75) is 95.0 Å². The first-order chi connectivity index (χ1) is 21.2. The molecule has 3 fully saturated rings. The molecular formula is C35H44O10. The highest BCUT2D eigenvalue weighted by Crippen LogP contribution is 2.64. The number of carbonyl (C=O) groups is 1. The molecule has 0 radical (unpaired) electrons. The van der Waals surface area contributed by atoms with Gasteiger partial charge in [0.15, 0.2) is 0 Å². The summed E-state index contributed by atoms with van der Waals surface area (Å²) < 4.78 is 24.0. The molecule has 1 heterocycles. The Bertz CT molecular complexity index is 1460. The van der Waals surface area contributed by atoms with Crippen molar-refractivity contribution in [1.82, 2.24) is 0 Å². The van der Waals surface area contributed by atoms with Gasteiger partial charge in [0, 0.05) is 29.6 Å². The first-order valence-corrected chi connectivity index (χ1v) is 15.5. The van der Waals surface area contributed by atoms with Gasteiger partial charge in [-0.3, -0.25) is 0 Å². The molecule has 2 bridgehead atoms. The predicted molar refractivity (Wildman–Crippen MR) is 162 cm³/mol. The van der Waals surface area contributed by atoms with E-state index in [1.807, 2.05) is 24.3 Å². The fourth-order valence-corrected chi connectivity index (χ4v) is 8.63. The number of carbonyl (C=O) groups excluding carboxylic acids is 1. The third kappa shape index (κ3) is 4.68. The zero-order valence-electron chi connectivity index (χ0n) is 26.3. The number of rotatable bonds is 6. The number of hydrogen-bond acceptors (Lipinski definition) is 10. The summed E-state index contributed by atoms with van der Waals surface area (Å²) in [6, 6.07) is 15.7. The maximum absolute atomic E-state index is 13.8. The average Bonchev–Trinajstić information content (AvgIpc) is 3.01. The van der Waals surface area contributed by atoms with Gasteiger partial charge in [0.1, 0.15) is 29.2 Å². The van der Waals surface area contributed by atoms with Gasteiger partial charge < -0.3 is 44.5 Å². The molecule has 9 unspecified atom stereocenters. The van der Waals surface area contributed by atoms with Gasteiger partial charge in [-0.2, -0.15) is 0 Å². The normalized spacial score (nSPS) is 40.3. The molecule has 6 rings (SSSR count). The SMILES string of the molecule is COc1ccc(COC2CC3OCC3(O)C3C(OC(=O)c4ccccc4)C4(O)CC(O)C(C)=C(C(O)C(O)[C@]23C)C4(C)C)cc1. The Balaban J connectivity index is 1.52. The van der Waals surface area contributed by atoms with Crippen molar-refractivity contribution in [3.05, 3.63) is 76.9 Å². The molecular weight excluding hydrogens is 580 g/mol. The van der Waals surface area contributed by atoms with Crippen LogP contribution in [-0.4, -0.2) is 93.0 Å². The Morgan fingerprint density at radius 3 is 2.27 bits per heavy atom. The average molecular weight is 625 g/mol. The van der Waals surface area contributed by atoms with Gasteiger partial charge in [-0.25, -0.2) is 4.79 Å². The molecule has 0 amide bonds. The standard InChI is InChI=1S/C35H44O10/c1-19-23(36)16-35(41)30(45-31(39)21-9-7-6-8-10-21)28-33(4,29(38)27(37)26(19)32(35,2)3)24(15-25-34(28,40)18-44-25)43-17-20-11-13-22(42-5)14-12-20/h6-14,23-25,27-30,36-38,40-41H,15-18H2,1-5H3/t23?,24?,25?,27?,28?,29?,30?,33-,34?,35?/m1/s1. The number of fused-ring (bicyclic) bond motifs is 5. The van der Waals surface area contributed by atoms with Crippen LogP contribution in [0.25, 0.3) is 0 Å². The Kier molecular flexibility index (Phi) is 7.96. The topological polar surface area (TPSA) is 155 Å². The molecule has 0 spiro atoms. The summed E-state index contributed by atoms with van der Waals surface area (Å²) in [7, 11) is 1.58. The molecule has 10 nitrogen and oxygen atoms in total. The number of benzene rings is 2. The summed E-state index contributed by atoms with van der Waals surface area (Å²) in [6.07, 6.45) is -7.34. The summed E-state index contributed by atoms with van der Waals surface area (Å²) in [5, 5.41) is 60.7. The highest BCUT2D eigenvalue weighted by Gasteiger charge is 2.76. The van der Waals surface area contributed by atoms with Crippen molar-refractivity contribution in [1.29, 1.82) is 0 Å². The summed E-state index contributed by atoms with van der Waals surface area (Å²) in [5.74, 6) is -1.22. The maximum Gasteiger partial charge on any atom is 0.338 e. The third-order valence-corrected chi connectivity index (χ3v) is 11.4. The van der Waals surface area contributed by atoms with E-state index in [4.69, 9.17) is 18.9 Å². The Labute approximate surface area is 263 Å². The first kappa shape index (κ1) is 32.1. The summed E-state index contributed by atoms with van der Waals surface area (Å²) in [4.78, 5) is 13.8. The molecule has 10 heteroatoms. The van der Waals surface area contributed by atoms with E-state index >= 15 is 0 Å². The number of esters is 1. The molecule has 2 aromatic carbocycles. The molecule has 3 aliphatic carbocycles. The van der Waals surface area contributed by atoms with Crippen molar-refractivity contribution >= 4 is 5.97 Å². The molecule has 5 N–H and O–H groups in total. The van der Waals surface area contributed by atoms with Crippen LogP contribution in [0, 0.1) is 16.7 Å². The minimum absolute atomic E-state index is 0.133. The Hall–Kier alpha value is -2.83. The van der Waals surface area contributed by atoms with Crippen molar-refractivity contribution in [2.24, 2.45) is 16.7 Å². The van der Waals surface area contributed by atoms with Gasteiger partial charge in [-0.05, 0) is 47.9 Å². The number of methoxy groups -OCH3 is 1. The van der Waals surface area contributed by atoms with E-state index in [2.05, 4.69) is 0 Å². The number of aliphatic hydroxyl groups excluding tert-OH is 3. The molecule has 0 aromatic heterocycles. The lowest BCUT2D eigenvalue weighted by Crippen LogP contribution is -2.81. The van der Waals surface area contributed by atoms with Crippen LogP contribution < -0.4 is 4.74 Å². The number of aliphatic hydroxyl groups is 5. The Morgan fingerprint density at radius 1 is 1.00 bits per heavy atom. The molecule has 244 valence electrons. The molecule has 45 heavy (non-hydrogen) atoms. The van der Waals surface area contributed by atoms with Crippen LogP contribution in [-0.2, 0) is 20.8 Å². The molecule has 2 saturated carbocycles. The zero-order chi connectivity index (χ0) is 32.5. The van der Waals surface area contributed by atoms with Gasteiger partial charge in [0.05, 0.1) is 50.3 Å². The van der Waals surface area contributed by atoms with E-state index in [1.54, 1.807) is 65.1 Å². The largest absolute Gasteiger partial charge is 0.497 e. The third-order valence-electron chi connectivity index (χ3n) is 11.4. The van der Waals surface area contributed by atoms with Gasteiger partial charge in [0.2, 0.25) is 0 Å². The number of ether oxygens (including phenoxy) is 4.